The Bertz CT molecular complexity index is 368. The van der Waals surface area contributed by atoms with Gasteiger partial charge in [0.05, 0.1) is 5.69 Å². The summed E-state index contributed by atoms with van der Waals surface area (Å²) in [5.74, 6) is -0.243. The van der Waals surface area contributed by atoms with Crippen LogP contribution in [0.3, 0.4) is 0 Å². The highest BCUT2D eigenvalue weighted by Crippen LogP contribution is 2.19. The molecule has 60 valence electrons. The minimum atomic E-state index is -0.243. The van der Waals surface area contributed by atoms with E-state index in [1.807, 2.05) is 28.7 Å². The second kappa shape index (κ2) is 3.54. The van der Waals surface area contributed by atoms with E-state index in [1.54, 1.807) is 6.07 Å². The smallest absolute Gasteiger partial charge is 0.229 e. The molecule has 4 heteroatoms. The highest BCUT2D eigenvalue weighted by molar-refractivity contribution is 14.1. The molecule has 0 radical (unpaired) electrons. The number of halogens is 1. The maximum atomic E-state index is 9.16. The Morgan fingerprint density at radius 3 is 2.92 bits per heavy atom. The zero-order valence-corrected chi connectivity index (χ0v) is 8.24. The van der Waals surface area contributed by atoms with Crippen molar-refractivity contribution in [3.63, 3.8) is 0 Å². The standard InChI is InChI=1S/C8H5IN2O/c1-2-7-6(9)3-5(4-10)8(12)11-7/h2-3H,1H2,(H,11,12). The molecule has 3 nitrogen and oxygen atoms in total. The van der Waals surface area contributed by atoms with Crippen molar-refractivity contribution in [2.75, 3.05) is 0 Å². The Hall–Kier alpha value is -1.09. The van der Waals surface area contributed by atoms with Crippen molar-refractivity contribution in [3.05, 3.63) is 27.5 Å². The summed E-state index contributed by atoms with van der Waals surface area (Å²) in [4.78, 5) is 3.77. The second-order valence-corrected chi connectivity index (χ2v) is 3.20. The molecule has 0 unspecified atom stereocenters. The molecule has 1 rings (SSSR count). The quantitative estimate of drug-likeness (QED) is 0.794. The molecule has 0 aliphatic carbocycles. The first-order valence-corrected chi connectivity index (χ1v) is 4.19. The predicted molar refractivity (Wildman–Crippen MR) is 53.4 cm³/mol. The van der Waals surface area contributed by atoms with Gasteiger partial charge in [-0.2, -0.15) is 5.26 Å². The van der Waals surface area contributed by atoms with Gasteiger partial charge in [0.25, 0.3) is 0 Å². The Morgan fingerprint density at radius 1 is 1.75 bits per heavy atom. The van der Waals surface area contributed by atoms with Gasteiger partial charge in [-0.05, 0) is 34.7 Å². The van der Waals surface area contributed by atoms with Crippen molar-refractivity contribution < 1.29 is 5.11 Å². The average molecular weight is 272 g/mol. The van der Waals surface area contributed by atoms with Crippen molar-refractivity contribution in [1.82, 2.24) is 4.98 Å². The predicted octanol–water partition coefficient (Wildman–Crippen LogP) is 1.91. The van der Waals surface area contributed by atoms with Crippen LogP contribution in [0.4, 0.5) is 0 Å². The fourth-order valence-corrected chi connectivity index (χ4v) is 1.37. The van der Waals surface area contributed by atoms with Gasteiger partial charge in [0.1, 0.15) is 11.6 Å². The molecule has 0 spiro atoms. The van der Waals surface area contributed by atoms with Crippen LogP contribution in [0.25, 0.3) is 6.08 Å². The molecular weight excluding hydrogens is 267 g/mol. The Morgan fingerprint density at radius 2 is 2.42 bits per heavy atom. The van der Waals surface area contributed by atoms with Crippen LogP contribution in [0.5, 0.6) is 5.88 Å². The summed E-state index contributed by atoms with van der Waals surface area (Å²) in [5, 5.41) is 17.7. The fraction of sp³-hybridized carbons (Fsp3) is 0. The topological polar surface area (TPSA) is 56.9 Å². The summed E-state index contributed by atoms with van der Waals surface area (Å²) < 4.78 is 0.803. The summed E-state index contributed by atoms with van der Waals surface area (Å²) in [6.07, 6.45) is 1.53. The van der Waals surface area contributed by atoms with Crippen LogP contribution >= 0.6 is 22.6 Å². The Balaban J connectivity index is 3.38. The fourth-order valence-electron chi connectivity index (χ4n) is 0.718. The zero-order chi connectivity index (χ0) is 9.14. The molecule has 1 aromatic rings. The molecule has 0 saturated heterocycles. The van der Waals surface area contributed by atoms with Crippen LogP contribution < -0.4 is 0 Å². The third-order valence-corrected chi connectivity index (χ3v) is 2.16. The van der Waals surface area contributed by atoms with E-state index in [0.717, 1.165) is 3.57 Å². The first-order valence-electron chi connectivity index (χ1n) is 3.11. The normalized spacial score (nSPS) is 9.00. The number of nitriles is 1. The van der Waals surface area contributed by atoms with Gasteiger partial charge in [0, 0.05) is 3.57 Å². The number of aromatic nitrogens is 1. The van der Waals surface area contributed by atoms with Crippen LogP contribution in [0.2, 0.25) is 0 Å². The maximum absolute atomic E-state index is 9.16. The van der Waals surface area contributed by atoms with Gasteiger partial charge in [0.2, 0.25) is 5.88 Å². The third kappa shape index (κ3) is 1.56. The molecular formula is C8H5IN2O. The summed E-state index contributed by atoms with van der Waals surface area (Å²) in [6.45, 7) is 3.53. The summed E-state index contributed by atoms with van der Waals surface area (Å²) in [7, 11) is 0. The van der Waals surface area contributed by atoms with Gasteiger partial charge in [-0.1, -0.05) is 6.58 Å². The first-order chi connectivity index (χ1) is 5.69. The number of nitrogens with zero attached hydrogens (tertiary/aromatic N) is 2. The summed E-state index contributed by atoms with van der Waals surface area (Å²) in [6, 6.07) is 3.41. The second-order valence-electron chi connectivity index (χ2n) is 2.04. The molecule has 0 atom stereocenters. The Labute approximate surface area is 83.5 Å². The number of aromatic hydroxyl groups is 1. The van der Waals surface area contributed by atoms with Gasteiger partial charge in [-0.15, -0.1) is 0 Å². The molecule has 1 N–H and O–H groups in total. The number of pyridine rings is 1. The highest BCUT2D eigenvalue weighted by atomic mass is 127. The van der Waals surface area contributed by atoms with Crippen LogP contribution in [0.15, 0.2) is 12.6 Å². The molecule has 12 heavy (non-hydrogen) atoms. The maximum Gasteiger partial charge on any atom is 0.229 e. The van der Waals surface area contributed by atoms with E-state index >= 15 is 0 Å². The number of hydrogen-bond acceptors (Lipinski definition) is 3. The largest absolute Gasteiger partial charge is 0.492 e. The van der Waals surface area contributed by atoms with Crippen molar-refractivity contribution in [1.29, 1.82) is 5.26 Å². The summed E-state index contributed by atoms with van der Waals surface area (Å²) >= 11 is 2.03. The van der Waals surface area contributed by atoms with Gasteiger partial charge in [-0.25, -0.2) is 4.98 Å². The number of rotatable bonds is 1. The molecule has 0 amide bonds. The highest BCUT2D eigenvalue weighted by Gasteiger charge is 2.05. The van der Waals surface area contributed by atoms with Crippen LogP contribution in [0.1, 0.15) is 11.3 Å². The van der Waals surface area contributed by atoms with E-state index in [4.69, 9.17) is 10.4 Å². The lowest BCUT2D eigenvalue weighted by molar-refractivity contribution is 0.451. The average Bonchev–Trinajstić information content (AvgIpc) is 2.08. The van der Waals surface area contributed by atoms with Crippen molar-refractivity contribution in [3.8, 4) is 11.9 Å². The van der Waals surface area contributed by atoms with Gasteiger partial charge < -0.3 is 5.11 Å². The molecule has 0 bridgehead atoms. The molecule has 0 saturated carbocycles. The van der Waals surface area contributed by atoms with Crippen LogP contribution in [0, 0.1) is 14.9 Å². The van der Waals surface area contributed by atoms with Crippen LogP contribution in [-0.2, 0) is 0 Å². The molecule has 0 aliphatic heterocycles. The lowest BCUT2D eigenvalue weighted by Crippen LogP contribution is -1.89. The van der Waals surface area contributed by atoms with Crippen molar-refractivity contribution in [2.24, 2.45) is 0 Å². The molecule has 1 heterocycles. The molecule has 0 aromatic carbocycles. The van der Waals surface area contributed by atoms with E-state index < -0.39 is 0 Å². The molecule has 0 aliphatic rings. The SMILES string of the molecule is C=Cc1nc(O)c(C#N)cc1I. The van der Waals surface area contributed by atoms with Crippen molar-refractivity contribution in [2.45, 2.75) is 0 Å². The van der Waals surface area contributed by atoms with E-state index in [-0.39, 0.29) is 11.4 Å². The lowest BCUT2D eigenvalue weighted by Gasteiger charge is -1.99. The molecule has 0 fully saturated rings. The van der Waals surface area contributed by atoms with Crippen LogP contribution in [-0.4, -0.2) is 10.1 Å². The van der Waals surface area contributed by atoms with E-state index in [2.05, 4.69) is 11.6 Å². The number of hydrogen-bond donors (Lipinski definition) is 1. The summed E-state index contributed by atoms with van der Waals surface area (Å²) in [5.41, 5.74) is 0.775. The van der Waals surface area contributed by atoms with Gasteiger partial charge >= 0.3 is 0 Å². The van der Waals surface area contributed by atoms with E-state index in [0.29, 0.717) is 5.69 Å². The van der Waals surface area contributed by atoms with Crippen molar-refractivity contribution >= 4 is 28.7 Å². The molecule has 1 aromatic heterocycles. The first kappa shape index (κ1) is 9.00. The van der Waals surface area contributed by atoms with Gasteiger partial charge in [0.15, 0.2) is 0 Å². The van der Waals surface area contributed by atoms with E-state index in [1.165, 1.54) is 6.08 Å². The Kier molecular flexibility index (Phi) is 2.65. The third-order valence-electron chi connectivity index (χ3n) is 1.30. The zero-order valence-electron chi connectivity index (χ0n) is 6.08. The monoisotopic (exact) mass is 272 g/mol. The minimum absolute atomic E-state index is 0.185. The van der Waals surface area contributed by atoms with Gasteiger partial charge in [-0.3, -0.25) is 0 Å². The van der Waals surface area contributed by atoms with E-state index in [9.17, 15) is 0 Å². The minimum Gasteiger partial charge on any atom is -0.492 e. The lowest BCUT2D eigenvalue weighted by atomic mass is 10.2.